The lowest BCUT2D eigenvalue weighted by molar-refractivity contribution is -0.120. The molecular formula is C15H22N2O. The van der Waals surface area contributed by atoms with Crippen molar-refractivity contribution in [3.63, 3.8) is 0 Å². The number of hydrogen-bond acceptors (Lipinski definition) is 2. The first-order valence-electron chi connectivity index (χ1n) is 6.45. The molecule has 1 rings (SSSR count). The van der Waals surface area contributed by atoms with Crippen molar-refractivity contribution in [2.24, 2.45) is 0 Å². The van der Waals surface area contributed by atoms with E-state index in [1.807, 2.05) is 18.2 Å². The average molecular weight is 246 g/mol. The molecule has 0 aromatic heterocycles. The summed E-state index contributed by atoms with van der Waals surface area (Å²) in [5.74, 6) is 0.111. The van der Waals surface area contributed by atoms with Crippen LogP contribution in [0.1, 0.15) is 18.4 Å². The Morgan fingerprint density at radius 2 is 2.00 bits per heavy atom. The van der Waals surface area contributed by atoms with Gasteiger partial charge in [0.1, 0.15) is 0 Å². The second kappa shape index (κ2) is 9.42. The molecule has 3 nitrogen and oxygen atoms in total. The van der Waals surface area contributed by atoms with Crippen molar-refractivity contribution in [3.05, 3.63) is 48.6 Å². The number of carbonyl (C=O) groups excluding carboxylic acids is 1. The highest BCUT2D eigenvalue weighted by Crippen LogP contribution is 2.01. The first-order chi connectivity index (χ1) is 8.83. The summed E-state index contributed by atoms with van der Waals surface area (Å²) in [7, 11) is 0. The molecule has 0 unspecified atom stereocenters. The summed E-state index contributed by atoms with van der Waals surface area (Å²) in [6, 6.07) is 10.3. The van der Waals surface area contributed by atoms with Gasteiger partial charge in [0.05, 0.1) is 0 Å². The Kier molecular flexibility index (Phi) is 7.57. The number of aryl methyl sites for hydroxylation is 1. The number of amides is 1. The number of rotatable bonds is 9. The summed E-state index contributed by atoms with van der Waals surface area (Å²) in [5, 5.41) is 6.03. The molecule has 1 aromatic carbocycles. The molecule has 0 fully saturated rings. The molecule has 98 valence electrons. The Hall–Kier alpha value is -1.61. The molecule has 0 bridgehead atoms. The van der Waals surface area contributed by atoms with Crippen molar-refractivity contribution >= 4 is 5.91 Å². The van der Waals surface area contributed by atoms with Gasteiger partial charge in [0.25, 0.3) is 0 Å². The van der Waals surface area contributed by atoms with Crippen molar-refractivity contribution in [1.29, 1.82) is 0 Å². The van der Waals surface area contributed by atoms with E-state index in [2.05, 4.69) is 29.3 Å². The minimum Gasteiger partial charge on any atom is -0.356 e. The zero-order valence-electron chi connectivity index (χ0n) is 10.8. The van der Waals surface area contributed by atoms with Crippen molar-refractivity contribution < 1.29 is 4.79 Å². The van der Waals surface area contributed by atoms with E-state index in [4.69, 9.17) is 0 Å². The lowest BCUT2D eigenvalue weighted by Gasteiger charge is -2.05. The second-order valence-corrected chi connectivity index (χ2v) is 4.18. The normalized spacial score (nSPS) is 10.0. The van der Waals surface area contributed by atoms with E-state index in [1.165, 1.54) is 5.56 Å². The van der Waals surface area contributed by atoms with Crippen LogP contribution in [0.4, 0.5) is 0 Å². The summed E-state index contributed by atoms with van der Waals surface area (Å²) in [6.45, 7) is 5.81. The van der Waals surface area contributed by atoms with Crippen LogP contribution in [0.3, 0.4) is 0 Å². The van der Waals surface area contributed by atoms with Gasteiger partial charge in [0, 0.05) is 26.1 Å². The largest absolute Gasteiger partial charge is 0.356 e. The van der Waals surface area contributed by atoms with E-state index >= 15 is 0 Å². The average Bonchev–Trinajstić information content (AvgIpc) is 2.41. The fourth-order valence-electron chi connectivity index (χ4n) is 1.66. The first-order valence-corrected chi connectivity index (χ1v) is 6.45. The number of benzene rings is 1. The Labute approximate surface area is 109 Å². The first kappa shape index (κ1) is 14.5. The van der Waals surface area contributed by atoms with Gasteiger partial charge in [-0.25, -0.2) is 0 Å². The van der Waals surface area contributed by atoms with Crippen LogP contribution in [0.15, 0.2) is 43.0 Å². The van der Waals surface area contributed by atoms with Crippen LogP contribution in [0.5, 0.6) is 0 Å². The Bertz CT molecular complexity index is 349. The molecule has 1 amide bonds. The highest BCUT2D eigenvalue weighted by Gasteiger charge is 1.99. The van der Waals surface area contributed by atoms with E-state index in [9.17, 15) is 4.79 Å². The topological polar surface area (TPSA) is 41.1 Å². The van der Waals surface area contributed by atoms with Crippen molar-refractivity contribution in [2.75, 3.05) is 19.6 Å². The van der Waals surface area contributed by atoms with Crippen LogP contribution in [0.25, 0.3) is 0 Å². The van der Waals surface area contributed by atoms with Crippen LogP contribution in [0.2, 0.25) is 0 Å². The van der Waals surface area contributed by atoms with Gasteiger partial charge in [-0.3, -0.25) is 4.79 Å². The monoisotopic (exact) mass is 246 g/mol. The maximum atomic E-state index is 11.4. The SMILES string of the molecule is C=CCNCCC(=O)NCCCc1ccccc1. The van der Waals surface area contributed by atoms with Crippen molar-refractivity contribution in [2.45, 2.75) is 19.3 Å². The highest BCUT2D eigenvalue weighted by atomic mass is 16.1. The Morgan fingerprint density at radius 3 is 2.72 bits per heavy atom. The fourth-order valence-corrected chi connectivity index (χ4v) is 1.66. The maximum Gasteiger partial charge on any atom is 0.221 e. The van der Waals surface area contributed by atoms with Gasteiger partial charge in [-0.1, -0.05) is 36.4 Å². The molecule has 2 N–H and O–H groups in total. The molecule has 0 atom stereocenters. The summed E-state index contributed by atoms with van der Waals surface area (Å²) in [6.07, 6.45) is 4.31. The standard InChI is InChI=1S/C15H22N2O/c1-2-11-16-13-10-15(18)17-12-6-9-14-7-4-3-5-8-14/h2-5,7-8,16H,1,6,9-13H2,(H,17,18). The fraction of sp³-hybridized carbons (Fsp3) is 0.400. The van der Waals surface area contributed by atoms with E-state index < -0.39 is 0 Å². The van der Waals surface area contributed by atoms with Gasteiger partial charge in [-0.15, -0.1) is 6.58 Å². The smallest absolute Gasteiger partial charge is 0.221 e. The minimum absolute atomic E-state index is 0.111. The number of carbonyl (C=O) groups is 1. The summed E-state index contributed by atoms with van der Waals surface area (Å²) in [4.78, 5) is 11.4. The van der Waals surface area contributed by atoms with Crippen molar-refractivity contribution in [1.82, 2.24) is 10.6 Å². The van der Waals surface area contributed by atoms with E-state index in [-0.39, 0.29) is 5.91 Å². The molecule has 0 radical (unpaired) electrons. The zero-order valence-corrected chi connectivity index (χ0v) is 10.8. The highest BCUT2D eigenvalue weighted by molar-refractivity contribution is 5.75. The van der Waals surface area contributed by atoms with Crippen LogP contribution in [0, 0.1) is 0 Å². The molecule has 0 saturated heterocycles. The molecule has 0 heterocycles. The van der Waals surface area contributed by atoms with Gasteiger partial charge < -0.3 is 10.6 Å². The van der Waals surface area contributed by atoms with Crippen LogP contribution in [-0.4, -0.2) is 25.5 Å². The predicted molar refractivity (Wildman–Crippen MR) is 75.5 cm³/mol. The lowest BCUT2D eigenvalue weighted by Crippen LogP contribution is -2.28. The summed E-state index contributed by atoms with van der Waals surface area (Å²) < 4.78 is 0. The van der Waals surface area contributed by atoms with Crippen LogP contribution < -0.4 is 10.6 Å². The van der Waals surface area contributed by atoms with E-state index in [0.717, 1.165) is 25.9 Å². The molecule has 18 heavy (non-hydrogen) atoms. The molecule has 1 aromatic rings. The number of nitrogens with one attached hydrogen (secondary N) is 2. The number of hydrogen-bond donors (Lipinski definition) is 2. The molecule has 0 saturated carbocycles. The van der Waals surface area contributed by atoms with Crippen LogP contribution >= 0.6 is 0 Å². The van der Waals surface area contributed by atoms with Gasteiger partial charge in [0.2, 0.25) is 5.91 Å². The van der Waals surface area contributed by atoms with Gasteiger partial charge >= 0.3 is 0 Å². The summed E-state index contributed by atoms with van der Waals surface area (Å²) in [5.41, 5.74) is 1.32. The minimum atomic E-state index is 0.111. The van der Waals surface area contributed by atoms with Gasteiger partial charge in [0.15, 0.2) is 0 Å². The predicted octanol–water partition coefficient (Wildman–Crippen LogP) is 1.90. The van der Waals surface area contributed by atoms with Crippen LogP contribution in [-0.2, 0) is 11.2 Å². The van der Waals surface area contributed by atoms with Gasteiger partial charge in [-0.2, -0.15) is 0 Å². The summed E-state index contributed by atoms with van der Waals surface area (Å²) >= 11 is 0. The van der Waals surface area contributed by atoms with Crippen molar-refractivity contribution in [3.8, 4) is 0 Å². The maximum absolute atomic E-state index is 11.4. The molecule has 0 spiro atoms. The molecular weight excluding hydrogens is 224 g/mol. The molecule has 0 aliphatic carbocycles. The third-order valence-electron chi connectivity index (χ3n) is 2.62. The lowest BCUT2D eigenvalue weighted by atomic mass is 10.1. The zero-order chi connectivity index (χ0) is 13.1. The Balaban J connectivity index is 2.00. The molecule has 0 aliphatic rings. The van der Waals surface area contributed by atoms with E-state index in [1.54, 1.807) is 6.08 Å². The van der Waals surface area contributed by atoms with Gasteiger partial charge in [-0.05, 0) is 18.4 Å². The Morgan fingerprint density at radius 1 is 1.22 bits per heavy atom. The second-order valence-electron chi connectivity index (χ2n) is 4.18. The quantitative estimate of drug-likeness (QED) is 0.516. The third kappa shape index (κ3) is 6.86. The van der Waals surface area contributed by atoms with E-state index in [0.29, 0.717) is 13.0 Å². The molecule has 0 aliphatic heterocycles. The molecule has 3 heteroatoms. The third-order valence-corrected chi connectivity index (χ3v) is 2.62.